The molecule has 1 aromatic carbocycles. The summed E-state index contributed by atoms with van der Waals surface area (Å²) < 4.78 is 55.7. The highest BCUT2D eigenvalue weighted by molar-refractivity contribution is 7.90. The number of carbonyl (C=O) groups excluding carboxylic acids is 1. The molecule has 1 heterocycles. The molecule has 3 rings (SSSR count). The second kappa shape index (κ2) is 8.16. The summed E-state index contributed by atoms with van der Waals surface area (Å²) in [7, 11) is -7.01. The van der Waals surface area contributed by atoms with Crippen LogP contribution in [0, 0.1) is 0 Å². The summed E-state index contributed by atoms with van der Waals surface area (Å²) in [4.78, 5) is 12.7. The van der Waals surface area contributed by atoms with Crippen LogP contribution in [0.15, 0.2) is 53.1 Å². The van der Waals surface area contributed by atoms with Gasteiger partial charge in [-0.05, 0) is 36.8 Å². The van der Waals surface area contributed by atoms with Gasteiger partial charge in [-0.2, -0.15) is 4.31 Å². The molecule has 28 heavy (non-hydrogen) atoms. The molecule has 0 saturated carbocycles. The van der Waals surface area contributed by atoms with Gasteiger partial charge in [0.25, 0.3) is 5.91 Å². The Morgan fingerprint density at radius 1 is 1.11 bits per heavy atom. The van der Waals surface area contributed by atoms with Crippen LogP contribution in [0.5, 0.6) is 0 Å². The number of sulfone groups is 1. The first-order valence-corrected chi connectivity index (χ1v) is 12.1. The van der Waals surface area contributed by atoms with Crippen LogP contribution in [-0.4, -0.2) is 64.9 Å². The van der Waals surface area contributed by atoms with Gasteiger partial charge in [0.1, 0.15) is 5.25 Å². The quantitative estimate of drug-likeness (QED) is 0.742. The van der Waals surface area contributed by atoms with Gasteiger partial charge in [0.2, 0.25) is 10.0 Å². The van der Waals surface area contributed by atoms with Crippen LogP contribution >= 0.6 is 0 Å². The number of allylic oxidation sites excluding steroid dienone is 3. The standard InChI is InChI=1S/C18H22N2O6S2/c1-27(22,23)15-8-6-14(7-9-15)18(21)19-16-4-2-3-5-17(16)28(24,25)20-10-12-26-13-11-20/h2-4,6-9,17H,5,10-13H2,1H3,(H,19,21). The molecular weight excluding hydrogens is 404 g/mol. The number of ether oxygens (including phenoxy) is 1. The first-order chi connectivity index (χ1) is 13.2. The van der Waals surface area contributed by atoms with Crippen molar-refractivity contribution in [1.82, 2.24) is 9.62 Å². The largest absolute Gasteiger partial charge is 0.379 e. The predicted molar refractivity (Wildman–Crippen MR) is 104 cm³/mol. The van der Waals surface area contributed by atoms with Crippen molar-refractivity contribution in [2.45, 2.75) is 16.6 Å². The van der Waals surface area contributed by atoms with E-state index in [2.05, 4.69) is 5.32 Å². The van der Waals surface area contributed by atoms with Gasteiger partial charge in [0, 0.05) is 30.6 Å². The molecule has 1 aromatic rings. The fourth-order valence-corrected chi connectivity index (χ4v) is 5.51. The van der Waals surface area contributed by atoms with E-state index in [1.165, 1.54) is 28.6 Å². The maximum atomic E-state index is 13.0. The smallest absolute Gasteiger partial charge is 0.255 e. The van der Waals surface area contributed by atoms with Gasteiger partial charge in [0.15, 0.2) is 9.84 Å². The highest BCUT2D eigenvalue weighted by Gasteiger charge is 2.36. The number of carbonyl (C=O) groups is 1. The third kappa shape index (κ3) is 4.52. The average Bonchev–Trinajstić information content (AvgIpc) is 2.68. The fraction of sp³-hybridized carbons (Fsp3) is 0.389. The van der Waals surface area contributed by atoms with Crippen LogP contribution in [0.1, 0.15) is 16.8 Å². The summed E-state index contributed by atoms with van der Waals surface area (Å²) in [6.45, 7) is 1.27. The van der Waals surface area contributed by atoms with Crippen molar-refractivity contribution >= 4 is 25.8 Å². The number of amides is 1. The molecule has 0 spiro atoms. The molecule has 0 radical (unpaired) electrons. The van der Waals surface area contributed by atoms with E-state index in [-0.39, 0.29) is 30.0 Å². The molecule has 1 aliphatic heterocycles. The van der Waals surface area contributed by atoms with E-state index in [1.54, 1.807) is 18.2 Å². The Labute approximate surface area is 164 Å². The summed E-state index contributed by atoms with van der Waals surface area (Å²) in [6, 6.07) is 5.50. The fourth-order valence-electron chi connectivity index (χ4n) is 3.05. The summed E-state index contributed by atoms with van der Waals surface area (Å²) >= 11 is 0. The molecule has 1 aliphatic carbocycles. The lowest BCUT2D eigenvalue weighted by Gasteiger charge is -2.31. The Morgan fingerprint density at radius 3 is 2.36 bits per heavy atom. The number of nitrogens with one attached hydrogen (secondary N) is 1. The lowest BCUT2D eigenvalue weighted by atomic mass is 10.1. The molecule has 0 bridgehead atoms. The minimum absolute atomic E-state index is 0.108. The number of benzene rings is 1. The van der Waals surface area contributed by atoms with Crippen LogP contribution in [0.4, 0.5) is 0 Å². The number of nitrogens with zero attached hydrogens (tertiary/aromatic N) is 1. The molecule has 152 valence electrons. The zero-order chi connectivity index (χ0) is 20.4. The second-order valence-electron chi connectivity index (χ2n) is 6.58. The Bertz CT molecular complexity index is 1000. The number of sulfonamides is 1. The van der Waals surface area contributed by atoms with Gasteiger partial charge >= 0.3 is 0 Å². The molecule has 1 saturated heterocycles. The predicted octanol–water partition coefficient (Wildman–Crippen LogP) is 0.694. The van der Waals surface area contributed by atoms with Crippen molar-refractivity contribution in [3.8, 4) is 0 Å². The average molecular weight is 427 g/mol. The van der Waals surface area contributed by atoms with E-state index < -0.39 is 31.0 Å². The van der Waals surface area contributed by atoms with E-state index >= 15 is 0 Å². The maximum absolute atomic E-state index is 13.0. The number of rotatable bonds is 5. The van der Waals surface area contributed by atoms with Crippen molar-refractivity contribution in [3.05, 3.63) is 53.8 Å². The van der Waals surface area contributed by atoms with E-state index in [9.17, 15) is 21.6 Å². The van der Waals surface area contributed by atoms with Crippen LogP contribution < -0.4 is 5.32 Å². The lowest BCUT2D eigenvalue weighted by molar-refractivity contribution is 0.0727. The molecule has 1 amide bonds. The minimum atomic E-state index is -3.65. The van der Waals surface area contributed by atoms with E-state index in [0.717, 1.165) is 6.26 Å². The molecule has 0 aromatic heterocycles. The van der Waals surface area contributed by atoms with Gasteiger partial charge in [-0.1, -0.05) is 12.2 Å². The lowest BCUT2D eigenvalue weighted by Crippen LogP contribution is -2.47. The first-order valence-electron chi connectivity index (χ1n) is 8.74. The molecule has 8 nitrogen and oxygen atoms in total. The highest BCUT2D eigenvalue weighted by Crippen LogP contribution is 2.24. The van der Waals surface area contributed by atoms with Gasteiger partial charge in [-0.25, -0.2) is 16.8 Å². The van der Waals surface area contributed by atoms with Crippen LogP contribution in [0.25, 0.3) is 0 Å². The molecule has 1 fully saturated rings. The third-order valence-electron chi connectivity index (χ3n) is 4.60. The van der Waals surface area contributed by atoms with Gasteiger partial charge in [0.05, 0.1) is 18.1 Å². The third-order valence-corrected chi connectivity index (χ3v) is 7.98. The van der Waals surface area contributed by atoms with Crippen molar-refractivity contribution in [1.29, 1.82) is 0 Å². The minimum Gasteiger partial charge on any atom is -0.379 e. The van der Waals surface area contributed by atoms with Gasteiger partial charge in [-0.15, -0.1) is 0 Å². The van der Waals surface area contributed by atoms with Crippen molar-refractivity contribution in [2.24, 2.45) is 0 Å². The van der Waals surface area contributed by atoms with E-state index in [4.69, 9.17) is 4.74 Å². The SMILES string of the molecule is CS(=O)(=O)c1ccc(C(=O)NC2=CC=CCC2S(=O)(=O)N2CCOCC2)cc1. The number of morpholine rings is 1. The topological polar surface area (TPSA) is 110 Å². The van der Waals surface area contributed by atoms with Crippen molar-refractivity contribution in [3.63, 3.8) is 0 Å². The molecule has 1 unspecified atom stereocenters. The summed E-state index contributed by atoms with van der Waals surface area (Å²) in [6.07, 6.45) is 6.38. The first kappa shape index (κ1) is 20.7. The Kier molecular flexibility index (Phi) is 6.04. The summed E-state index contributed by atoms with van der Waals surface area (Å²) in [5, 5.41) is 1.79. The van der Waals surface area contributed by atoms with Crippen molar-refractivity contribution in [2.75, 3.05) is 32.6 Å². The van der Waals surface area contributed by atoms with E-state index in [1.807, 2.05) is 0 Å². The molecule has 1 N–H and O–H groups in total. The van der Waals surface area contributed by atoms with Gasteiger partial charge < -0.3 is 10.1 Å². The maximum Gasteiger partial charge on any atom is 0.255 e. The van der Waals surface area contributed by atoms with Crippen LogP contribution in [-0.2, 0) is 24.6 Å². The molecule has 1 atom stereocenters. The number of hydrogen-bond donors (Lipinski definition) is 1. The zero-order valence-corrected chi connectivity index (χ0v) is 17.0. The molecule has 10 heteroatoms. The summed E-state index contributed by atoms with van der Waals surface area (Å²) in [5.74, 6) is -0.497. The monoisotopic (exact) mass is 426 g/mol. The van der Waals surface area contributed by atoms with Crippen LogP contribution in [0.3, 0.4) is 0 Å². The number of hydrogen-bond acceptors (Lipinski definition) is 6. The van der Waals surface area contributed by atoms with Gasteiger partial charge in [-0.3, -0.25) is 4.79 Å². The second-order valence-corrected chi connectivity index (χ2v) is 10.7. The van der Waals surface area contributed by atoms with Crippen molar-refractivity contribution < 1.29 is 26.4 Å². The summed E-state index contributed by atoms with van der Waals surface area (Å²) in [5.41, 5.74) is 0.538. The normalized spacial score (nSPS) is 21.2. The highest BCUT2D eigenvalue weighted by atomic mass is 32.2. The Morgan fingerprint density at radius 2 is 1.75 bits per heavy atom. The zero-order valence-electron chi connectivity index (χ0n) is 15.4. The molecule has 2 aliphatic rings. The Hall–Kier alpha value is -2.01. The van der Waals surface area contributed by atoms with E-state index in [0.29, 0.717) is 18.9 Å². The van der Waals surface area contributed by atoms with Crippen LogP contribution in [0.2, 0.25) is 0 Å². The molecular formula is C18H22N2O6S2. The Balaban J connectivity index is 1.78.